The van der Waals surface area contributed by atoms with E-state index in [1.54, 1.807) is 7.11 Å². The molecular formula is C16H23NO3. The van der Waals surface area contributed by atoms with Crippen molar-refractivity contribution < 1.29 is 14.2 Å². The van der Waals surface area contributed by atoms with Crippen LogP contribution in [0.15, 0.2) is 12.1 Å². The smallest absolute Gasteiger partial charge is 0.203 e. The van der Waals surface area contributed by atoms with E-state index in [0.717, 1.165) is 36.6 Å². The Hall–Kier alpha value is -1.42. The van der Waals surface area contributed by atoms with Gasteiger partial charge in [0, 0.05) is 12.5 Å². The molecule has 1 saturated heterocycles. The summed E-state index contributed by atoms with van der Waals surface area (Å²) in [7, 11) is 1.71. The van der Waals surface area contributed by atoms with Gasteiger partial charge in [0.05, 0.1) is 20.3 Å². The van der Waals surface area contributed by atoms with Gasteiger partial charge in [-0.25, -0.2) is 0 Å². The van der Waals surface area contributed by atoms with Crippen molar-refractivity contribution in [1.29, 1.82) is 0 Å². The fourth-order valence-electron chi connectivity index (χ4n) is 3.00. The van der Waals surface area contributed by atoms with Crippen molar-refractivity contribution in [2.75, 3.05) is 26.9 Å². The third kappa shape index (κ3) is 2.85. The first kappa shape index (κ1) is 13.6. The first-order valence-electron chi connectivity index (χ1n) is 7.57. The van der Waals surface area contributed by atoms with Crippen LogP contribution in [0.25, 0.3) is 0 Å². The summed E-state index contributed by atoms with van der Waals surface area (Å²) >= 11 is 0. The average Bonchev–Trinajstić information content (AvgIpc) is 2.73. The highest BCUT2D eigenvalue weighted by Gasteiger charge is 2.22. The zero-order chi connectivity index (χ0) is 13.8. The van der Waals surface area contributed by atoms with Crippen LogP contribution in [0.4, 0.5) is 0 Å². The van der Waals surface area contributed by atoms with E-state index in [2.05, 4.69) is 11.4 Å². The first-order valence-corrected chi connectivity index (χ1v) is 7.57. The number of ether oxygens (including phenoxy) is 3. The average molecular weight is 277 g/mol. The molecule has 0 radical (unpaired) electrons. The minimum absolute atomic E-state index is 0.544. The van der Waals surface area contributed by atoms with Crippen LogP contribution in [0.3, 0.4) is 0 Å². The number of fused-ring (bicyclic) bond motifs is 1. The van der Waals surface area contributed by atoms with Crippen LogP contribution in [-0.2, 0) is 6.42 Å². The van der Waals surface area contributed by atoms with Crippen LogP contribution in [0, 0.1) is 0 Å². The Morgan fingerprint density at radius 3 is 2.90 bits per heavy atom. The van der Waals surface area contributed by atoms with Gasteiger partial charge in [-0.1, -0.05) is 12.5 Å². The van der Waals surface area contributed by atoms with Crippen molar-refractivity contribution in [1.82, 2.24) is 5.32 Å². The molecule has 4 heteroatoms. The third-order valence-corrected chi connectivity index (χ3v) is 4.03. The lowest BCUT2D eigenvalue weighted by atomic mass is 9.97. The summed E-state index contributed by atoms with van der Waals surface area (Å²) in [5.41, 5.74) is 1.20. The van der Waals surface area contributed by atoms with Gasteiger partial charge in [0.15, 0.2) is 11.5 Å². The number of hydrogen-bond donors (Lipinski definition) is 1. The Labute approximate surface area is 120 Å². The molecule has 0 saturated carbocycles. The molecule has 0 spiro atoms. The Morgan fingerprint density at radius 2 is 2.10 bits per heavy atom. The van der Waals surface area contributed by atoms with Gasteiger partial charge in [0.25, 0.3) is 0 Å². The minimum atomic E-state index is 0.544. The van der Waals surface area contributed by atoms with E-state index in [9.17, 15) is 0 Å². The molecule has 0 amide bonds. The number of benzene rings is 1. The molecule has 110 valence electrons. The van der Waals surface area contributed by atoms with E-state index in [0.29, 0.717) is 19.3 Å². The Morgan fingerprint density at radius 1 is 1.20 bits per heavy atom. The molecule has 2 aliphatic heterocycles. The second kappa shape index (κ2) is 6.35. The summed E-state index contributed by atoms with van der Waals surface area (Å²) in [4.78, 5) is 0. The molecule has 1 aromatic carbocycles. The summed E-state index contributed by atoms with van der Waals surface area (Å²) in [5.74, 6) is 2.43. The lowest BCUT2D eigenvalue weighted by molar-refractivity contribution is 0.288. The van der Waals surface area contributed by atoms with Gasteiger partial charge < -0.3 is 19.5 Å². The number of rotatable bonds is 3. The highest BCUT2D eigenvalue weighted by atomic mass is 16.5. The van der Waals surface area contributed by atoms with Crippen molar-refractivity contribution in [2.45, 2.75) is 38.1 Å². The SMILES string of the molecule is COc1c(CC2CCCCN2)ccc2c1OCCCO2. The number of methoxy groups -OCH3 is 1. The predicted molar refractivity (Wildman–Crippen MR) is 77.9 cm³/mol. The second-order valence-electron chi connectivity index (χ2n) is 5.49. The van der Waals surface area contributed by atoms with Gasteiger partial charge in [-0.05, 0) is 37.4 Å². The van der Waals surface area contributed by atoms with E-state index in [1.807, 2.05) is 6.07 Å². The van der Waals surface area contributed by atoms with E-state index >= 15 is 0 Å². The van der Waals surface area contributed by atoms with Crippen LogP contribution in [0.1, 0.15) is 31.2 Å². The molecule has 0 bridgehead atoms. The molecule has 20 heavy (non-hydrogen) atoms. The molecular weight excluding hydrogens is 254 g/mol. The van der Waals surface area contributed by atoms with Crippen molar-refractivity contribution in [3.63, 3.8) is 0 Å². The zero-order valence-corrected chi connectivity index (χ0v) is 12.1. The van der Waals surface area contributed by atoms with E-state index in [-0.39, 0.29) is 0 Å². The molecule has 1 N–H and O–H groups in total. The molecule has 1 atom stereocenters. The van der Waals surface area contributed by atoms with Gasteiger partial charge in [-0.3, -0.25) is 0 Å². The first-order chi connectivity index (χ1) is 9.88. The molecule has 2 aliphatic rings. The highest BCUT2D eigenvalue weighted by Crippen LogP contribution is 2.41. The van der Waals surface area contributed by atoms with Gasteiger partial charge in [0.1, 0.15) is 0 Å². The maximum absolute atomic E-state index is 5.83. The molecule has 1 fully saturated rings. The molecule has 3 rings (SSSR count). The predicted octanol–water partition coefficient (Wildman–Crippen LogP) is 2.54. The van der Waals surface area contributed by atoms with Crippen molar-refractivity contribution >= 4 is 0 Å². The molecule has 1 unspecified atom stereocenters. The van der Waals surface area contributed by atoms with Gasteiger partial charge in [-0.15, -0.1) is 0 Å². The van der Waals surface area contributed by atoms with Crippen LogP contribution in [0.2, 0.25) is 0 Å². The van der Waals surface area contributed by atoms with Crippen molar-refractivity contribution in [2.24, 2.45) is 0 Å². The zero-order valence-electron chi connectivity index (χ0n) is 12.1. The summed E-state index contributed by atoms with van der Waals surface area (Å²) < 4.78 is 17.2. The standard InChI is InChI=1S/C16H23NO3/c1-18-15-12(11-13-5-2-3-8-17-13)6-7-14-16(15)20-10-4-9-19-14/h6-7,13,17H,2-5,8-11H2,1H3. The number of nitrogens with one attached hydrogen (secondary N) is 1. The topological polar surface area (TPSA) is 39.7 Å². The van der Waals surface area contributed by atoms with Crippen molar-refractivity contribution in [3.05, 3.63) is 17.7 Å². The maximum atomic E-state index is 5.83. The molecule has 4 nitrogen and oxygen atoms in total. The monoisotopic (exact) mass is 277 g/mol. The lowest BCUT2D eigenvalue weighted by Gasteiger charge is -2.25. The quantitative estimate of drug-likeness (QED) is 0.921. The summed E-state index contributed by atoms with van der Waals surface area (Å²) in [5, 5.41) is 3.58. The van der Waals surface area contributed by atoms with Gasteiger partial charge >= 0.3 is 0 Å². The number of hydrogen-bond acceptors (Lipinski definition) is 4. The Balaban J connectivity index is 1.84. The Kier molecular flexibility index (Phi) is 4.31. The largest absolute Gasteiger partial charge is 0.492 e. The van der Waals surface area contributed by atoms with Gasteiger partial charge in [-0.2, -0.15) is 0 Å². The van der Waals surface area contributed by atoms with Crippen LogP contribution < -0.4 is 19.5 Å². The normalized spacial score (nSPS) is 22.1. The van der Waals surface area contributed by atoms with E-state index in [4.69, 9.17) is 14.2 Å². The maximum Gasteiger partial charge on any atom is 0.203 e. The van der Waals surface area contributed by atoms with E-state index < -0.39 is 0 Å². The summed E-state index contributed by atoms with van der Waals surface area (Å²) in [6, 6.07) is 4.67. The summed E-state index contributed by atoms with van der Waals surface area (Å²) in [6.07, 6.45) is 5.73. The molecule has 1 aromatic rings. The van der Waals surface area contributed by atoms with Crippen molar-refractivity contribution in [3.8, 4) is 17.2 Å². The molecule has 0 aliphatic carbocycles. The Bertz CT molecular complexity index is 455. The van der Waals surface area contributed by atoms with Crippen LogP contribution in [-0.4, -0.2) is 32.9 Å². The fourth-order valence-corrected chi connectivity index (χ4v) is 3.00. The van der Waals surface area contributed by atoms with E-state index in [1.165, 1.54) is 24.8 Å². The molecule has 2 heterocycles. The number of piperidine rings is 1. The van der Waals surface area contributed by atoms with Crippen LogP contribution in [0.5, 0.6) is 17.2 Å². The minimum Gasteiger partial charge on any atom is -0.492 e. The van der Waals surface area contributed by atoms with Gasteiger partial charge in [0.2, 0.25) is 5.75 Å². The van der Waals surface area contributed by atoms with Crippen LogP contribution >= 0.6 is 0 Å². The fraction of sp³-hybridized carbons (Fsp3) is 0.625. The molecule has 0 aromatic heterocycles. The second-order valence-corrected chi connectivity index (χ2v) is 5.49. The third-order valence-electron chi connectivity index (χ3n) is 4.03. The lowest BCUT2D eigenvalue weighted by Crippen LogP contribution is -2.35. The summed E-state index contributed by atoms with van der Waals surface area (Å²) in [6.45, 7) is 2.52. The highest BCUT2D eigenvalue weighted by molar-refractivity contribution is 5.56.